The number of hydrogen-bond acceptors (Lipinski definition) is 4. The summed E-state index contributed by atoms with van der Waals surface area (Å²) in [7, 11) is 1.63. The molecule has 2 aromatic rings. The van der Waals surface area contributed by atoms with Crippen LogP contribution in [0.2, 0.25) is 10.0 Å². The molecule has 1 heterocycles. The fourth-order valence-corrected chi connectivity index (χ4v) is 2.23. The molecule has 7 heteroatoms. The van der Waals surface area contributed by atoms with Gasteiger partial charge in [0.2, 0.25) is 0 Å². The number of carbonyl (C=O) groups excluding carboxylic acids is 1. The van der Waals surface area contributed by atoms with Crippen LogP contribution in [0.4, 0.5) is 5.69 Å². The molecule has 0 bridgehead atoms. The van der Waals surface area contributed by atoms with E-state index in [2.05, 4.69) is 5.10 Å². The number of ether oxygens (including phenoxy) is 1. The van der Waals surface area contributed by atoms with Crippen LogP contribution in [0.3, 0.4) is 0 Å². The number of nitrogen functional groups attached to an aromatic ring is 1. The molecule has 106 valence electrons. The number of halogens is 2. The minimum Gasteiger partial charge on any atom is -0.456 e. The van der Waals surface area contributed by atoms with E-state index >= 15 is 0 Å². The van der Waals surface area contributed by atoms with E-state index < -0.39 is 5.97 Å². The van der Waals surface area contributed by atoms with E-state index in [-0.39, 0.29) is 12.3 Å². The largest absolute Gasteiger partial charge is 0.456 e. The molecular formula is C13H13Cl2N3O2. The molecule has 20 heavy (non-hydrogen) atoms. The summed E-state index contributed by atoms with van der Waals surface area (Å²) in [6, 6.07) is 4.98. The molecule has 0 saturated carbocycles. The molecule has 0 saturated heterocycles. The van der Waals surface area contributed by atoms with E-state index in [4.69, 9.17) is 33.7 Å². The molecule has 2 N–H and O–H groups in total. The molecule has 1 aromatic heterocycles. The SMILES string of the molecule is Cc1nn(C)c(C(=O)OCc2ccc(Cl)cc2Cl)c1N. The smallest absolute Gasteiger partial charge is 0.359 e. The lowest BCUT2D eigenvalue weighted by Crippen LogP contribution is -2.12. The van der Waals surface area contributed by atoms with Gasteiger partial charge < -0.3 is 10.5 Å². The first-order valence-electron chi connectivity index (χ1n) is 5.80. The topological polar surface area (TPSA) is 70.1 Å². The molecular weight excluding hydrogens is 301 g/mol. The van der Waals surface area contributed by atoms with E-state index in [0.717, 1.165) is 0 Å². The van der Waals surface area contributed by atoms with Crippen molar-refractivity contribution in [2.45, 2.75) is 13.5 Å². The number of esters is 1. The Morgan fingerprint density at radius 3 is 2.70 bits per heavy atom. The number of anilines is 1. The highest BCUT2D eigenvalue weighted by Crippen LogP contribution is 2.22. The maximum atomic E-state index is 12.0. The summed E-state index contributed by atoms with van der Waals surface area (Å²) in [5.41, 5.74) is 7.60. The summed E-state index contributed by atoms with van der Waals surface area (Å²) in [6.45, 7) is 1.76. The highest BCUT2D eigenvalue weighted by Gasteiger charge is 2.19. The fraction of sp³-hybridized carbons (Fsp3) is 0.231. The van der Waals surface area contributed by atoms with Gasteiger partial charge >= 0.3 is 5.97 Å². The fourth-order valence-electron chi connectivity index (χ4n) is 1.77. The number of nitrogens with zero attached hydrogens (tertiary/aromatic N) is 2. The first-order valence-corrected chi connectivity index (χ1v) is 6.56. The van der Waals surface area contributed by atoms with E-state index in [9.17, 15) is 4.79 Å². The number of nitrogens with two attached hydrogens (primary N) is 1. The predicted octanol–water partition coefficient (Wildman–Crippen LogP) is 2.97. The van der Waals surface area contributed by atoms with E-state index in [1.54, 1.807) is 32.2 Å². The standard InChI is InChI=1S/C13H13Cl2N3O2/c1-7-11(16)12(18(2)17-7)13(19)20-6-8-3-4-9(14)5-10(8)15/h3-5H,6,16H2,1-2H3. The van der Waals surface area contributed by atoms with Crippen molar-refractivity contribution in [2.75, 3.05) is 5.73 Å². The highest BCUT2D eigenvalue weighted by molar-refractivity contribution is 6.35. The van der Waals surface area contributed by atoms with Gasteiger partial charge in [-0.05, 0) is 19.1 Å². The van der Waals surface area contributed by atoms with Gasteiger partial charge in [-0.15, -0.1) is 0 Å². The molecule has 0 fully saturated rings. The average molecular weight is 314 g/mol. The summed E-state index contributed by atoms with van der Waals surface area (Å²) in [4.78, 5) is 12.0. The van der Waals surface area contributed by atoms with Crippen molar-refractivity contribution in [2.24, 2.45) is 7.05 Å². The molecule has 2 rings (SSSR count). The Bertz CT molecular complexity index is 668. The van der Waals surface area contributed by atoms with Crippen molar-refractivity contribution in [3.63, 3.8) is 0 Å². The molecule has 5 nitrogen and oxygen atoms in total. The highest BCUT2D eigenvalue weighted by atomic mass is 35.5. The second kappa shape index (κ2) is 5.73. The van der Waals surface area contributed by atoms with Gasteiger partial charge in [0.1, 0.15) is 6.61 Å². The van der Waals surface area contributed by atoms with Crippen LogP contribution < -0.4 is 5.73 Å². The first-order chi connectivity index (χ1) is 9.40. The third-order valence-corrected chi connectivity index (χ3v) is 3.42. The van der Waals surface area contributed by atoms with Crippen LogP contribution in [-0.2, 0) is 18.4 Å². The number of carbonyl (C=O) groups is 1. The van der Waals surface area contributed by atoms with Gasteiger partial charge in [-0.2, -0.15) is 5.10 Å². The second-order valence-corrected chi connectivity index (χ2v) is 5.13. The van der Waals surface area contributed by atoms with Crippen LogP contribution in [0.5, 0.6) is 0 Å². The van der Waals surface area contributed by atoms with Gasteiger partial charge in [0.05, 0.1) is 11.4 Å². The second-order valence-electron chi connectivity index (χ2n) is 4.28. The van der Waals surface area contributed by atoms with Crippen molar-refractivity contribution in [1.29, 1.82) is 0 Å². The van der Waals surface area contributed by atoms with Crippen molar-refractivity contribution < 1.29 is 9.53 Å². The maximum Gasteiger partial charge on any atom is 0.359 e. The molecule has 0 aliphatic carbocycles. The van der Waals surface area contributed by atoms with E-state index in [1.165, 1.54) is 4.68 Å². The zero-order chi connectivity index (χ0) is 14.9. The van der Waals surface area contributed by atoms with Crippen LogP contribution in [0.25, 0.3) is 0 Å². The maximum absolute atomic E-state index is 12.0. The molecule has 0 radical (unpaired) electrons. The van der Waals surface area contributed by atoms with Crippen LogP contribution in [0.15, 0.2) is 18.2 Å². The lowest BCUT2D eigenvalue weighted by molar-refractivity contribution is 0.0461. The Balaban J connectivity index is 2.13. The summed E-state index contributed by atoms with van der Waals surface area (Å²) in [6.07, 6.45) is 0. The summed E-state index contributed by atoms with van der Waals surface area (Å²) < 4.78 is 6.60. The predicted molar refractivity (Wildman–Crippen MR) is 77.9 cm³/mol. The van der Waals surface area contributed by atoms with E-state index in [0.29, 0.717) is 27.0 Å². The third-order valence-electron chi connectivity index (χ3n) is 2.84. The van der Waals surface area contributed by atoms with Crippen molar-refractivity contribution in [3.05, 3.63) is 45.2 Å². The zero-order valence-electron chi connectivity index (χ0n) is 11.0. The Morgan fingerprint density at radius 1 is 1.45 bits per heavy atom. The normalized spacial score (nSPS) is 10.6. The molecule has 1 aromatic carbocycles. The molecule has 0 aliphatic rings. The minimum absolute atomic E-state index is 0.0402. The van der Waals surface area contributed by atoms with Gasteiger partial charge in [0.25, 0.3) is 0 Å². The van der Waals surface area contributed by atoms with Crippen LogP contribution in [0, 0.1) is 6.92 Å². The quantitative estimate of drug-likeness (QED) is 0.884. The first kappa shape index (κ1) is 14.7. The molecule has 0 atom stereocenters. The van der Waals surface area contributed by atoms with Crippen LogP contribution >= 0.6 is 23.2 Å². The Hall–Kier alpha value is -1.72. The van der Waals surface area contributed by atoms with Crippen molar-refractivity contribution in [1.82, 2.24) is 9.78 Å². The van der Waals surface area contributed by atoms with E-state index in [1.807, 2.05) is 0 Å². The number of aromatic nitrogens is 2. The molecule has 0 unspecified atom stereocenters. The van der Waals surface area contributed by atoms with Crippen molar-refractivity contribution >= 4 is 34.9 Å². The molecule has 0 amide bonds. The summed E-state index contributed by atoms with van der Waals surface area (Å²) in [5, 5.41) is 5.03. The van der Waals surface area contributed by atoms with Crippen molar-refractivity contribution in [3.8, 4) is 0 Å². The average Bonchev–Trinajstić information content (AvgIpc) is 2.62. The molecule has 0 aliphatic heterocycles. The number of benzene rings is 1. The van der Waals surface area contributed by atoms with Gasteiger partial charge in [-0.3, -0.25) is 4.68 Å². The van der Waals surface area contributed by atoms with Gasteiger partial charge in [0, 0.05) is 22.7 Å². The number of rotatable bonds is 3. The molecule has 0 spiro atoms. The lowest BCUT2D eigenvalue weighted by Gasteiger charge is -2.07. The Kier molecular flexibility index (Phi) is 4.20. The van der Waals surface area contributed by atoms with Crippen LogP contribution in [-0.4, -0.2) is 15.7 Å². The van der Waals surface area contributed by atoms with Crippen LogP contribution in [0.1, 0.15) is 21.7 Å². The monoisotopic (exact) mass is 313 g/mol. The van der Waals surface area contributed by atoms with Gasteiger partial charge in [-0.1, -0.05) is 29.3 Å². The zero-order valence-corrected chi connectivity index (χ0v) is 12.5. The Morgan fingerprint density at radius 2 is 2.15 bits per heavy atom. The minimum atomic E-state index is -0.545. The summed E-state index contributed by atoms with van der Waals surface area (Å²) >= 11 is 11.8. The number of aryl methyl sites for hydroxylation is 2. The van der Waals surface area contributed by atoms with Gasteiger partial charge in [-0.25, -0.2) is 4.79 Å². The Labute approximate surface area is 126 Å². The van der Waals surface area contributed by atoms with Gasteiger partial charge in [0.15, 0.2) is 5.69 Å². The number of hydrogen-bond donors (Lipinski definition) is 1. The summed E-state index contributed by atoms with van der Waals surface area (Å²) in [5.74, 6) is -0.545. The third kappa shape index (κ3) is 2.89. The lowest BCUT2D eigenvalue weighted by atomic mass is 10.2.